The van der Waals surface area contributed by atoms with Gasteiger partial charge in [-0.3, -0.25) is 4.79 Å². The fourth-order valence-electron chi connectivity index (χ4n) is 5.38. The van der Waals surface area contributed by atoms with Crippen molar-refractivity contribution >= 4 is 23.3 Å². The number of halogens is 3. The molecule has 0 amide bonds. The summed E-state index contributed by atoms with van der Waals surface area (Å²) in [4.78, 5) is 27.0. The number of nitrogens with zero attached hydrogens (tertiary/aromatic N) is 5. The fourth-order valence-corrected chi connectivity index (χ4v) is 5.38. The molecule has 3 heterocycles. The number of ether oxygens (including phenoxy) is 2. The van der Waals surface area contributed by atoms with Gasteiger partial charge in [0, 0.05) is 43.6 Å². The van der Waals surface area contributed by atoms with Crippen molar-refractivity contribution < 1.29 is 32.5 Å². The van der Waals surface area contributed by atoms with Gasteiger partial charge in [-0.2, -0.15) is 13.2 Å². The first kappa shape index (κ1) is 29.8. The molecule has 1 aromatic heterocycles. The summed E-state index contributed by atoms with van der Waals surface area (Å²) >= 11 is 0. The number of hydrogen-bond acceptors (Lipinski definition) is 8. The zero-order valence-electron chi connectivity index (χ0n) is 23.6. The maximum Gasteiger partial charge on any atom is 0.416 e. The average molecular weight is 574 g/mol. The van der Waals surface area contributed by atoms with Crippen LogP contribution in [-0.4, -0.2) is 72.9 Å². The van der Waals surface area contributed by atoms with E-state index in [4.69, 9.17) is 14.5 Å². The predicted molar refractivity (Wildman–Crippen MR) is 151 cm³/mol. The molecule has 9 nitrogen and oxygen atoms in total. The Hall–Kier alpha value is -4.22. The van der Waals surface area contributed by atoms with Crippen molar-refractivity contribution in [1.82, 2.24) is 9.88 Å². The van der Waals surface area contributed by atoms with Crippen LogP contribution in [0.15, 0.2) is 64.9 Å². The molecule has 1 saturated heterocycles. The van der Waals surface area contributed by atoms with Crippen molar-refractivity contribution in [2.45, 2.75) is 45.5 Å². The molecule has 4 rings (SSSR count). The first-order valence-electron chi connectivity index (χ1n) is 13.2. The zero-order chi connectivity index (χ0) is 29.9. The summed E-state index contributed by atoms with van der Waals surface area (Å²) in [6.07, 6.45) is 0.247. The predicted octanol–water partition coefficient (Wildman–Crippen LogP) is 5.20. The Balaban J connectivity index is 1.83. The maximum absolute atomic E-state index is 13.9. The van der Waals surface area contributed by atoms with Crippen LogP contribution in [0.25, 0.3) is 0 Å². The number of alkyl halides is 3. The van der Waals surface area contributed by atoms with Gasteiger partial charge in [-0.05, 0) is 50.6 Å². The summed E-state index contributed by atoms with van der Waals surface area (Å²) in [5, 5.41) is 9.90. The van der Waals surface area contributed by atoms with E-state index in [0.29, 0.717) is 42.7 Å². The number of benzene rings is 1. The van der Waals surface area contributed by atoms with E-state index in [2.05, 4.69) is 9.88 Å². The minimum atomic E-state index is -4.61. The number of aliphatic imine (C=N–C) groups is 1. The van der Waals surface area contributed by atoms with E-state index in [-0.39, 0.29) is 23.9 Å². The van der Waals surface area contributed by atoms with Crippen molar-refractivity contribution in [2.24, 2.45) is 4.99 Å². The normalized spacial score (nSPS) is 21.8. The van der Waals surface area contributed by atoms with Crippen LogP contribution in [0.1, 0.15) is 32.8 Å². The largest absolute Gasteiger partial charge is 0.495 e. The number of methoxy groups -OCH3 is 2. The Kier molecular flexibility index (Phi) is 8.79. The number of piperazine rings is 1. The highest BCUT2D eigenvalue weighted by molar-refractivity contribution is 6.02. The lowest BCUT2D eigenvalue weighted by atomic mass is 9.95. The summed E-state index contributed by atoms with van der Waals surface area (Å²) in [5.41, 5.74) is 1.33. The number of allylic oxidation sites excluding steroid dienone is 2. The molecule has 12 heteroatoms. The van der Waals surface area contributed by atoms with Crippen molar-refractivity contribution in [1.29, 1.82) is 0 Å². The summed E-state index contributed by atoms with van der Waals surface area (Å²) in [6.45, 7) is 7.14. The Morgan fingerprint density at radius 3 is 2.46 bits per heavy atom. The molecule has 2 aliphatic rings. The fraction of sp³-hybridized carbons (Fsp3) is 0.414. The van der Waals surface area contributed by atoms with E-state index in [1.54, 1.807) is 44.2 Å². The third-order valence-corrected chi connectivity index (χ3v) is 7.29. The Morgan fingerprint density at radius 2 is 1.88 bits per heavy atom. The van der Waals surface area contributed by atoms with E-state index >= 15 is 0 Å². The lowest BCUT2D eigenvalue weighted by Crippen LogP contribution is -2.60. The van der Waals surface area contributed by atoms with Crippen LogP contribution in [-0.2, 0) is 11.0 Å². The highest BCUT2D eigenvalue weighted by atomic mass is 19.4. The standard InChI is InChI=1S/C29H34F3N5O4/c1-6-21-22(7-2)34-28(35-12-13-36(18(3)17-35)20-10-11-33-26(15-20)41-5)37(23(21)16-27(38)39)24-14-19(29(30,31)32)8-9-25(24)40-4/h6-11,14-15,18,23H,12-13,16-17H2,1-5H3,(H,38,39)/b21-6?,22-7+/t18-,23-/m1/s1. The topological polar surface area (TPSA) is 90.7 Å². The Morgan fingerprint density at radius 1 is 1.12 bits per heavy atom. The van der Waals surface area contributed by atoms with E-state index in [1.165, 1.54) is 13.2 Å². The molecule has 0 saturated carbocycles. The lowest BCUT2D eigenvalue weighted by Gasteiger charge is -2.48. The molecular formula is C29H34F3N5O4. The van der Waals surface area contributed by atoms with Gasteiger partial charge < -0.3 is 29.3 Å². The van der Waals surface area contributed by atoms with Crippen LogP contribution in [0.4, 0.5) is 24.5 Å². The molecule has 2 aliphatic heterocycles. The number of aliphatic carboxylic acids is 1. The van der Waals surface area contributed by atoms with E-state index in [9.17, 15) is 23.1 Å². The molecule has 0 spiro atoms. The number of aromatic nitrogens is 1. The first-order chi connectivity index (χ1) is 19.5. The molecule has 1 aromatic carbocycles. The number of hydrogen-bond donors (Lipinski definition) is 1. The smallest absolute Gasteiger partial charge is 0.416 e. The van der Waals surface area contributed by atoms with Gasteiger partial charge in [0.05, 0.1) is 43.6 Å². The minimum absolute atomic E-state index is 0.0288. The molecular weight excluding hydrogens is 539 g/mol. The quantitative estimate of drug-likeness (QED) is 0.505. The highest BCUT2D eigenvalue weighted by Crippen LogP contribution is 2.42. The molecule has 0 aliphatic carbocycles. The second-order valence-corrected chi connectivity index (χ2v) is 9.74. The number of rotatable bonds is 6. The first-order valence-corrected chi connectivity index (χ1v) is 13.2. The summed E-state index contributed by atoms with van der Waals surface area (Å²) in [5.74, 6) is -0.0565. The number of pyridine rings is 1. The SMILES string of the molecule is CC=C1/C(=C\C)N=C(N2CCN(c3ccnc(OC)c3)[C@H](C)C2)N(c2cc(C(F)(F)F)ccc2OC)[C@@H]1CC(=O)O. The van der Waals surface area contributed by atoms with Crippen LogP contribution in [0, 0.1) is 0 Å². The maximum atomic E-state index is 13.9. The van der Waals surface area contributed by atoms with Crippen molar-refractivity contribution in [3.8, 4) is 11.6 Å². The molecule has 0 bridgehead atoms. The van der Waals surface area contributed by atoms with Gasteiger partial charge in [0.15, 0.2) is 0 Å². The summed E-state index contributed by atoms with van der Waals surface area (Å²) < 4.78 is 52.4. The highest BCUT2D eigenvalue weighted by Gasteiger charge is 2.41. The van der Waals surface area contributed by atoms with E-state index in [0.717, 1.165) is 17.8 Å². The van der Waals surface area contributed by atoms with Gasteiger partial charge in [-0.1, -0.05) is 12.2 Å². The third-order valence-electron chi connectivity index (χ3n) is 7.29. The molecule has 1 N–H and O–H groups in total. The molecule has 41 heavy (non-hydrogen) atoms. The van der Waals surface area contributed by atoms with E-state index < -0.39 is 23.8 Å². The molecule has 1 fully saturated rings. The molecule has 2 aromatic rings. The molecule has 220 valence electrons. The van der Waals surface area contributed by atoms with Crippen molar-refractivity contribution in [3.05, 3.63) is 65.5 Å². The molecule has 2 atom stereocenters. The average Bonchev–Trinajstić information content (AvgIpc) is 2.95. The second-order valence-electron chi connectivity index (χ2n) is 9.74. The van der Waals surface area contributed by atoms with Crippen LogP contribution in [0.2, 0.25) is 0 Å². The second kappa shape index (κ2) is 12.1. The lowest BCUT2D eigenvalue weighted by molar-refractivity contribution is -0.138. The van der Waals surface area contributed by atoms with Crippen LogP contribution >= 0.6 is 0 Å². The van der Waals surface area contributed by atoms with Crippen molar-refractivity contribution in [2.75, 3.05) is 43.7 Å². The van der Waals surface area contributed by atoms with Crippen LogP contribution < -0.4 is 19.3 Å². The van der Waals surface area contributed by atoms with Crippen LogP contribution in [0.3, 0.4) is 0 Å². The summed E-state index contributed by atoms with van der Waals surface area (Å²) in [7, 11) is 2.92. The monoisotopic (exact) mass is 573 g/mol. The minimum Gasteiger partial charge on any atom is -0.495 e. The van der Waals surface area contributed by atoms with Gasteiger partial charge in [0.1, 0.15) is 5.75 Å². The van der Waals surface area contributed by atoms with Crippen molar-refractivity contribution in [3.63, 3.8) is 0 Å². The summed E-state index contributed by atoms with van der Waals surface area (Å²) in [6, 6.07) is 6.10. The van der Waals surface area contributed by atoms with Gasteiger partial charge >= 0.3 is 12.1 Å². The molecule has 0 radical (unpaired) electrons. The van der Waals surface area contributed by atoms with Gasteiger partial charge in [-0.15, -0.1) is 0 Å². The zero-order valence-corrected chi connectivity index (χ0v) is 23.6. The van der Waals surface area contributed by atoms with Gasteiger partial charge in [0.2, 0.25) is 11.8 Å². The van der Waals surface area contributed by atoms with Crippen LogP contribution in [0.5, 0.6) is 11.6 Å². The number of anilines is 2. The number of carboxylic acids is 1. The molecule has 0 unspecified atom stereocenters. The number of guanidine groups is 1. The number of carbonyl (C=O) groups is 1. The Bertz CT molecular complexity index is 1370. The Labute approximate surface area is 237 Å². The van der Waals surface area contributed by atoms with Gasteiger partial charge in [0.25, 0.3) is 0 Å². The number of carboxylic acid groups (broad SMARTS) is 1. The third kappa shape index (κ3) is 6.10. The van der Waals surface area contributed by atoms with E-state index in [1.807, 2.05) is 24.0 Å². The van der Waals surface area contributed by atoms with Gasteiger partial charge in [-0.25, -0.2) is 9.98 Å².